The van der Waals surface area contributed by atoms with Gasteiger partial charge in [-0.3, -0.25) is 0 Å². The van der Waals surface area contributed by atoms with Crippen LogP contribution >= 0.6 is 0 Å². The molecule has 0 spiro atoms. The number of carbonyl (C=O) groups is 1. The summed E-state index contributed by atoms with van der Waals surface area (Å²) in [6.07, 6.45) is 0. The largest absolute Gasteiger partial charge is 0.495 e. The number of aryl methyl sites for hydroxylation is 1. The third-order valence-electron chi connectivity index (χ3n) is 2.54. The second-order valence-electron chi connectivity index (χ2n) is 3.41. The normalized spacial score (nSPS) is 10.7. The average Bonchev–Trinajstić information content (AvgIpc) is 2.59. The van der Waals surface area contributed by atoms with E-state index in [0.717, 1.165) is 0 Å². The van der Waals surface area contributed by atoms with Crippen LogP contribution in [0.4, 0.5) is 4.39 Å². The lowest BCUT2D eigenvalue weighted by molar-refractivity contribution is 0.0687. The molecule has 0 radical (unpaired) electrons. The summed E-state index contributed by atoms with van der Waals surface area (Å²) in [5.41, 5.74) is 0.471. The molecule has 84 valence electrons. The monoisotopic (exact) mass is 223 g/mol. The molecule has 1 heterocycles. The maximum absolute atomic E-state index is 13.5. The minimum absolute atomic E-state index is 0.0263. The molecule has 2 aromatic rings. The molecule has 0 atom stereocenters. The molecule has 0 bridgehead atoms. The van der Waals surface area contributed by atoms with Gasteiger partial charge in [0, 0.05) is 12.4 Å². The molecule has 0 saturated carbocycles. The van der Waals surface area contributed by atoms with E-state index in [1.807, 2.05) is 0 Å². The molecule has 0 fully saturated rings. The smallest absolute Gasteiger partial charge is 0.352 e. The van der Waals surface area contributed by atoms with E-state index in [1.165, 1.54) is 29.9 Å². The first-order valence-electron chi connectivity index (χ1n) is 4.61. The van der Waals surface area contributed by atoms with Gasteiger partial charge in [-0.15, -0.1) is 0 Å². The number of benzene rings is 1. The minimum atomic E-state index is -1.10. The van der Waals surface area contributed by atoms with Gasteiger partial charge in [-0.2, -0.15) is 0 Å². The van der Waals surface area contributed by atoms with E-state index in [1.54, 1.807) is 7.05 Å². The van der Waals surface area contributed by atoms with Gasteiger partial charge in [-0.05, 0) is 18.2 Å². The number of hydrogen-bond acceptors (Lipinski definition) is 2. The van der Waals surface area contributed by atoms with Gasteiger partial charge in [0.05, 0.1) is 12.6 Å². The van der Waals surface area contributed by atoms with Gasteiger partial charge in [0.15, 0.2) is 0 Å². The maximum atomic E-state index is 13.5. The standard InChI is InChI=1S/C11H10FNO3/c1-13-8(11(14)15)5-6-7(12)3-4-9(16-2)10(6)13/h3-5H,1-2H3,(H,14,15). The van der Waals surface area contributed by atoms with Crippen molar-refractivity contribution in [3.05, 3.63) is 29.7 Å². The van der Waals surface area contributed by atoms with Crippen LogP contribution in [0.25, 0.3) is 10.9 Å². The molecule has 2 rings (SSSR count). The number of fused-ring (bicyclic) bond motifs is 1. The number of halogens is 1. The maximum Gasteiger partial charge on any atom is 0.352 e. The van der Waals surface area contributed by atoms with Gasteiger partial charge in [0.2, 0.25) is 0 Å². The van der Waals surface area contributed by atoms with E-state index in [2.05, 4.69) is 0 Å². The summed E-state index contributed by atoms with van der Waals surface area (Å²) in [5.74, 6) is -1.11. The van der Waals surface area contributed by atoms with E-state index in [4.69, 9.17) is 9.84 Å². The highest BCUT2D eigenvalue weighted by atomic mass is 19.1. The lowest BCUT2D eigenvalue weighted by Crippen LogP contribution is -2.04. The van der Waals surface area contributed by atoms with Crippen molar-refractivity contribution in [3.8, 4) is 5.75 Å². The Hall–Kier alpha value is -2.04. The number of aromatic carboxylic acids is 1. The summed E-state index contributed by atoms with van der Waals surface area (Å²) >= 11 is 0. The van der Waals surface area contributed by atoms with Crippen molar-refractivity contribution in [3.63, 3.8) is 0 Å². The van der Waals surface area contributed by atoms with Crippen molar-refractivity contribution < 1.29 is 19.0 Å². The fourth-order valence-electron chi connectivity index (χ4n) is 1.77. The number of carboxylic acids is 1. The first-order valence-corrected chi connectivity index (χ1v) is 4.61. The SMILES string of the molecule is COc1ccc(F)c2cc(C(=O)O)n(C)c12. The van der Waals surface area contributed by atoms with E-state index in [9.17, 15) is 9.18 Å². The summed E-state index contributed by atoms with van der Waals surface area (Å²) in [7, 11) is 3.02. The Morgan fingerprint density at radius 2 is 2.19 bits per heavy atom. The number of methoxy groups -OCH3 is 1. The molecular formula is C11H10FNO3. The second kappa shape index (κ2) is 3.52. The Morgan fingerprint density at radius 3 is 2.75 bits per heavy atom. The van der Waals surface area contributed by atoms with Gasteiger partial charge in [0.25, 0.3) is 0 Å². The Bertz CT molecular complexity index is 574. The van der Waals surface area contributed by atoms with Crippen molar-refractivity contribution in [2.24, 2.45) is 7.05 Å². The van der Waals surface area contributed by atoms with Crippen LogP contribution in [0.15, 0.2) is 18.2 Å². The minimum Gasteiger partial charge on any atom is -0.495 e. The number of nitrogens with zero attached hydrogens (tertiary/aromatic N) is 1. The number of hydrogen-bond donors (Lipinski definition) is 1. The second-order valence-corrected chi connectivity index (χ2v) is 3.41. The van der Waals surface area contributed by atoms with Crippen LogP contribution in [0.3, 0.4) is 0 Å². The van der Waals surface area contributed by atoms with Crippen LogP contribution in [-0.2, 0) is 7.05 Å². The van der Waals surface area contributed by atoms with Crippen molar-refractivity contribution in [2.45, 2.75) is 0 Å². The molecule has 5 heteroatoms. The van der Waals surface area contributed by atoms with Crippen molar-refractivity contribution >= 4 is 16.9 Å². The van der Waals surface area contributed by atoms with Gasteiger partial charge in [0.1, 0.15) is 17.3 Å². The number of aromatic nitrogens is 1. The Balaban J connectivity index is 2.89. The average molecular weight is 223 g/mol. The van der Waals surface area contributed by atoms with Crippen molar-refractivity contribution in [1.82, 2.24) is 4.57 Å². The van der Waals surface area contributed by atoms with E-state index in [-0.39, 0.29) is 11.1 Å². The zero-order valence-corrected chi connectivity index (χ0v) is 8.82. The summed E-state index contributed by atoms with van der Waals surface area (Å²) in [6.45, 7) is 0. The molecule has 0 aliphatic rings. The fourth-order valence-corrected chi connectivity index (χ4v) is 1.77. The van der Waals surface area contributed by atoms with Crippen LogP contribution in [0.5, 0.6) is 5.75 Å². The number of ether oxygens (including phenoxy) is 1. The van der Waals surface area contributed by atoms with Crippen LogP contribution in [0.1, 0.15) is 10.5 Å². The fraction of sp³-hybridized carbons (Fsp3) is 0.182. The van der Waals surface area contributed by atoms with Crippen LogP contribution in [0.2, 0.25) is 0 Å². The van der Waals surface area contributed by atoms with E-state index in [0.29, 0.717) is 11.3 Å². The lowest BCUT2D eigenvalue weighted by atomic mass is 10.2. The molecule has 0 aliphatic carbocycles. The molecule has 1 aromatic carbocycles. The summed E-state index contributed by atoms with van der Waals surface area (Å²) in [6, 6.07) is 4.03. The molecule has 0 unspecified atom stereocenters. The number of rotatable bonds is 2. The first-order chi connectivity index (χ1) is 7.56. The van der Waals surface area contributed by atoms with Crippen LogP contribution in [-0.4, -0.2) is 22.8 Å². The molecular weight excluding hydrogens is 213 g/mol. The Kier molecular flexibility index (Phi) is 2.30. The van der Waals surface area contributed by atoms with Gasteiger partial charge in [-0.1, -0.05) is 0 Å². The molecule has 0 saturated heterocycles. The quantitative estimate of drug-likeness (QED) is 0.847. The lowest BCUT2D eigenvalue weighted by Gasteiger charge is -2.05. The highest BCUT2D eigenvalue weighted by molar-refractivity contribution is 5.97. The predicted molar refractivity (Wildman–Crippen MR) is 56.4 cm³/mol. The van der Waals surface area contributed by atoms with Crippen molar-refractivity contribution in [2.75, 3.05) is 7.11 Å². The zero-order valence-electron chi connectivity index (χ0n) is 8.82. The summed E-state index contributed by atoms with van der Waals surface area (Å²) in [4.78, 5) is 10.9. The topological polar surface area (TPSA) is 51.5 Å². The van der Waals surface area contributed by atoms with E-state index >= 15 is 0 Å². The van der Waals surface area contributed by atoms with E-state index < -0.39 is 11.8 Å². The summed E-state index contributed by atoms with van der Waals surface area (Å²) in [5, 5.41) is 9.19. The van der Waals surface area contributed by atoms with Gasteiger partial charge in [-0.25, -0.2) is 9.18 Å². The number of carboxylic acid groups (broad SMARTS) is 1. The Morgan fingerprint density at radius 1 is 1.50 bits per heavy atom. The van der Waals surface area contributed by atoms with Crippen LogP contribution < -0.4 is 4.74 Å². The molecule has 16 heavy (non-hydrogen) atoms. The third kappa shape index (κ3) is 1.32. The van der Waals surface area contributed by atoms with Crippen LogP contribution in [0, 0.1) is 5.82 Å². The molecule has 1 N–H and O–H groups in total. The molecule has 4 nitrogen and oxygen atoms in total. The molecule has 0 amide bonds. The zero-order chi connectivity index (χ0) is 11.9. The highest BCUT2D eigenvalue weighted by Gasteiger charge is 2.17. The first kappa shape index (κ1) is 10.5. The summed E-state index contributed by atoms with van der Waals surface area (Å²) < 4.78 is 20.0. The highest BCUT2D eigenvalue weighted by Crippen LogP contribution is 2.30. The van der Waals surface area contributed by atoms with Gasteiger partial charge < -0.3 is 14.4 Å². The Labute approximate surface area is 90.9 Å². The van der Waals surface area contributed by atoms with Crippen molar-refractivity contribution in [1.29, 1.82) is 0 Å². The van der Waals surface area contributed by atoms with Gasteiger partial charge >= 0.3 is 5.97 Å². The predicted octanol–water partition coefficient (Wildman–Crippen LogP) is 2.02. The molecule has 1 aromatic heterocycles. The molecule has 0 aliphatic heterocycles. The third-order valence-corrected chi connectivity index (χ3v) is 2.54.